The molecule has 7 nitrogen and oxygen atoms in total. The first-order valence-electron chi connectivity index (χ1n) is 7.51. The summed E-state index contributed by atoms with van der Waals surface area (Å²) < 4.78 is 10.5. The Morgan fingerprint density at radius 1 is 1.13 bits per heavy atom. The third kappa shape index (κ3) is 7.01. The van der Waals surface area contributed by atoms with Crippen LogP contribution in [0.25, 0.3) is 0 Å². The first-order chi connectivity index (χ1) is 10.9. The standard InChI is InChI=1S/C16H25N3O4/c1-11(2)15(17)16(21)19-10-14(20)18-8-9-23-13-6-4-12(22-3)5-7-13/h4-7,11,15H,8-10,17H2,1-3H3,(H,18,20)(H,19,21)/t15-/m0/s1. The van der Waals surface area contributed by atoms with E-state index in [-0.39, 0.29) is 24.3 Å². The summed E-state index contributed by atoms with van der Waals surface area (Å²) in [6, 6.07) is 6.55. The molecule has 0 aromatic heterocycles. The normalized spacial score (nSPS) is 11.7. The zero-order chi connectivity index (χ0) is 17.2. The van der Waals surface area contributed by atoms with Gasteiger partial charge in [0.15, 0.2) is 0 Å². The molecule has 0 aliphatic carbocycles. The molecule has 128 valence electrons. The smallest absolute Gasteiger partial charge is 0.239 e. The summed E-state index contributed by atoms with van der Waals surface area (Å²) in [5.41, 5.74) is 5.68. The molecular weight excluding hydrogens is 298 g/mol. The summed E-state index contributed by atoms with van der Waals surface area (Å²) in [6.07, 6.45) is 0. The quantitative estimate of drug-likeness (QED) is 0.567. The summed E-state index contributed by atoms with van der Waals surface area (Å²) in [5, 5.41) is 5.16. The zero-order valence-electron chi connectivity index (χ0n) is 13.8. The molecule has 1 aromatic carbocycles. The van der Waals surface area contributed by atoms with Gasteiger partial charge in [0.25, 0.3) is 0 Å². The molecule has 7 heteroatoms. The van der Waals surface area contributed by atoms with Gasteiger partial charge in [-0.2, -0.15) is 0 Å². The number of amides is 2. The van der Waals surface area contributed by atoms with E-state index >= 15 is 0 Å². The molecule has 0 spiro atoms. The average Bonchev–Trinajstić information content (AvgIpc) is 2.56. The molecule has 0 radical (unpaired) electrons. The number of methoxy groups -OCH3 is 1. The number of hydrogen-bond donors (Lipinski definition) is 3. The lowest BCUT2D eigenvalue weighted by molar-refractivity contribution is -0.127. The zero-order valence-corrected chi connectivity index (χ0v) is 13.8. The predicted octanol–water partition coefficient (Wildman–Crippen LogP) is 0.290. The Balaban J connectivity index is 2.17. The molecule has 0 unspecified atom stereocenters. The number of carbonyl (C=O) groups excluding carboxylic acids is 2. The molecule has 4 N–H and O–H groups in total. The van der Waals surface area contributed by atoms with Gasteiger partial charge in [0, 0.05) is 0 Å². The van der Waals surface area contributed by atoms with E-state index < -0.39 is 6.04 Å². The Morgan fingerprint density at radius 2 is 1.74 bits per heavy atom. The molecule has 0 saturated heterocycles. The number of benzene rings is 1. The fraction of sp³-hybridized carbons (Fsp3) is 0.500. The number of carbonyl (C=O) groups is 2. The maximum absolute atomic E-state index is 11.6. The molecule has 2 amide bonds. The maximum atomic E-state index is 11.6. The first-order valence-corrected chi connectivity index (χ1v) is 7.51. The van der Waals surface area contributed by atoms with Crippen molar-refractivity contribution in [3.63, 3.8) is 0 Å². The van der Waals surface area contributed by atoms with E-state index in [9.17, 15) is 9.59 Å². The molecule has 0 aliphatic heterocycles. The van der Waals surface area contributed by atoms with Crippen LogP contribution in [0.5, 0.6) is 11.5 Å². The monoisotopic (exact) mass is 323 g/mol. The SMILES string of the molecule is COc1ccc(OCCNC(=O)CNC(=O)[C@@H](N)C(C)C)cc1. The topological polar surface area (TPSA) is 103 Å². The van der Waals surface area contributed by atoms with Gasteiger partial charge in [-0.05, 0) is 30.2 Å². The van der Waals surface area contributed by atoms with Crippen LogP contribution in [-0.2, 0) is 9.59 Å². The number of rotatable bonds is 9. The second kappa shape index (κ2) is 9.68. The van der Waals surface area contributed by atoms with Crippen molar-refractivity contribution in [3.8, 4) is 11.5 Å². The molecule has 1 rings (SSSR count). The van der Waals surface area contributed by atoms with E-state index in [4.69, 9.17) is 15.2 Å². The van der Waals surface area contributed by atoms with Crippen molar-refractivity contribution in [2.75, 3.05) is 26.8 Å². The highest BCUT2D eigenvalue weighted by molar-refractivity contribution is 5.87. The van der Waals surface area contributed by atoms with Gasteiger partial charge in [-0.1, -0.05) is 13.8 Å². The fourth-order valence-electron chi connectivity index (χ4n) is 1.68. The van der Waals surface area contributed by atoms with Crippen LogP contribution in [0.2, 0.25) is 0 Å². The van der Waals surface area contributed by atoms with Crippen molar-refractivity contribution >= 4 is 11.8 Å². The maximum Gasteiger partial charge on any atom is 0.239 e. The molecule has 0 bridgehead atoms. The minimum absolute atomic E-state index is 0.0240. The number of nitrogens with one attached hydrogen (secondary N) is 2. The van der Waals surface area contributed by atoms with Gasteiger partial charge in [-0.15, -0.1) is 0 Å². The summed E-state index contributed by atoms with van der Waals surface area (Å²) in [7, 11) is 1.60. The van der Waals surface area contributed by atoms with E-state index in [1.54, 1.807) is 31.4 Å². The van der Waals surface area contributed by atoms with E-state index in [0.717, 1.165) is 5.75 Å². The van der Waals surface area contributed by atoms with Gasteiger partial charge >= 0.3 is 0 Å². The molecule has 0 aliphatic rings. The van der Waals surface area contributed by atoms with E-state index in [1.165, 1.54) is 0 Å². The van der Waals surface area contributed by atoms with Crippen LogP contribution in [0.1, 0.15) is 13.8 Å². The van der Waals surface area contributed by atoms with Gasteiger partial charge in [0.05, 0.1) is 26.2 Å². The lowest BCUT2D eigenvalue weighted by Crippen LogP contribution is -2.47. The Kier molecular flexibility index (Phi) is 7.90. The van der Waals surface area contributed by atoms with Crippen molar-refractivity contribution in [1.29, 1.82) is 0 Å². The van der Waals surface area contributed by atoms with Gasteiger partial charge in [0.1, 0.15) is 18.1 Å². The van der Waals surface area contributed by atoms with Gasteiger partial charge < -0.3 is 25.8 Å². The number of nitrogens with two attached hydrogens (primary N) is 1. The Bertz CT molecular complexity index is 503. The highest BCUT2D eigenvalue weighted by atomic mass is 16.5. The molecule has 23 heavy (non-hydrogen) atoms. The lowest BCUT2D eigenvalue weighted by Gasteiger charge is -2.15. The van der Waals surface area contributed by atoms with Gasteiger partial charge in [-0.25, -0.2) is 0 Å². The van der Waals surface area contributed by atoms with Crippen LogP contribution in [0.4, 0.5) is 0 Å². The van der Waals surface area contributed by atoms with Crippen LogP contribution in [0.15, 0.2) is 24.3 Å². The Hall–Kier alpha value is -2.28. The van der Waals surface area contributed by atoms with Gasteiger partial charge in [0.2, 0.25) is 11.8 Å². The van der Waals surface area contributed by atoms with Crippen LogP contribution >= 0.6 is 0 Å². The minimum Gasteiger partial charge on any atom is -0.497 e. The summed E-state index contributed by atoms with van der Waals surface area (Å²) in [4.78, 5) is 23.2. The second-order valence-electron chi connectivity index (χ2n) is 5.36. The van der Waals surface area contributed by atoms with Gasteiger partial charge in [-0.3, -0.25) is 9.59 Å². The molecular formula is C16H25N3O4. The van der Waals surface area contributed by atoms with E-state index in [2.05, 4.69) is 10.6 Å². The summed E-state index contributed by atoms with van der Waals surface area (Å²) in [6.45, 7) is 4.28. The Labute approximate surface area is 136 Å². The van der Waals surface area contributed by atoms with Crippen molar-refractivity contribution < 1.29 is 19.1 Å². The van der Waals surface area contributed by atoms with Crippen LogP contribution in [0, 0.1) is 5.92 Å². The number of hydrogen-bond acceptors (Lipinski definition) is 5. The van der Waals surface area contributed by atoms with Crippen LogP contribution in [-0.4, -0.2) is 44.7 Å². The van der Waals surface area contributed by atoms with Crippen molar-refractivity contribution in [2.45, 2.75) is 19.9 Å². The van der Waals surface area contributed by atoms with E-state index in [0.29, 0.717) is 18.9 Å². The Morgan fingerprint density at radius 3 is 2.30 bits per heavy atom. The minimum atomic E-state index is -0.610. The fourth-order valence-corrected chi connectivity index (χ4v) is 1.68. The highest BCUT2D eigenvalue weighted by Gasteiger charge is 2.17. The lowest BCUT2D eigenvalue weighted by atomic mass is 10.1. The molecule has 1 aromatic rings. The summed E-state index contributed by atoms with van der Waals surface area (Å²) >= 11 is 0. The molecule has 0 heterocycles. The second-order valence-corrected chi connectivity index (χ2v) is 5.36. The highest BCUT2D eigenvalue weighted by Crippen LogP contribution is 2.16. The van der Waals surface area contributed by atoms with Crippen molar-refractivity contribution in [1.82, 2.24) is 10.6 Å². The largest absolute Gasteiger partial charge is 0.497 e. The van der Waals surface area contributed by atoms with Crippen molar-refractivity contribution in [3.05, 3.63) is 24.3 Å². The predicted molar refractivity (Wildman–Crippen MR) is 87.3 cm³/mol. The van der Waals surface area contributed by atoms with Crippen LogP contribution in [0.3, 0.4) is 0 Å². The number of ether oxygens (including phenoxy) is 2. The summed E-state index contributed by atoms with van der Waals surface area (Å²) in [5.74, 6) is 0.852. The molecule has 0 saturated carbocycles. The molecule has 0 fully saturated rings. The third-order valence-electron chi connectivity index (χ3n) is 3.20. The first kappa shape index (κ1) is 18.8. The van der Waals surface area contributed by atoms with Crippen molar-refractivity contribution in [2.24, 2.45) is 11.7 Å². The van der Waals surface area contributed by atoms with Crippen LogP contribution < -0.4 is 25.8 Å². The third-order valence-corrected chi connectivity index (χ3v) is 3.20. The molecule has 1 atom stereocenters. The van der Waals surface area contributed by atoms with E-state index in [1.807, 2.05) is 13.8 Å². The average molecular weight is 323 g/mol.